The highest BCUT2D eigenvalue weighted by Gasteiger charge is 2.19. The second kappa shape index (κ2) is 7.21. The van der Waals surface area contributed by atoms with Gasteiger partial charge in [-0.25, -0.2) is 0 Å². The van der Waals surface area contributed by atoms with Crippen LogP contribution in [0, 0.1) is 0 Å². The van der Waals surface area contributed by atoms with Gasteiger partial charge in [0.25, 0.3) is 0 Å². The third-order valence-electron chi connectivity index (χ3n) is 3.29. The van der Waals surface area contributed by atoms with Gasteiger partial charge >= 0.3 is 0 Å². The Labute approximate surface area is 114 Å². The molecule has 1 aliphatic rings. The lowest BCUT2D eigenvalue weighted by Crippen LogP contribution is -2.42. The van der Waals surface area contributed by atoms with E-state index >= 15 is 0 Å². The molecular weight excluding hydrogens is 242 g/mol. The number of aromatic nitrogens is 1. The fourth-order valence-electron chi connectivity index (χ4n) is 2.07. The average Bonchev–Trinajstić information content (AvgIpc) is 2.47. The molecule has 0 aromatic carbocycles. The number of ether oxygens (including phenoxy) is 1. The van der Waals surface area contributed by atoms with Gasteiger partial charge in [-0.1, -0.05) is 6.07 Å². The molecule has 0 bridgehead atoms. The van der Waals surface area contributed by atoms with E-state index in [4.69, 9.17) is 4.74 Å². The van der Waals surface area contributed by atoms with Crippen LogP contribution in [0.3, 0.4) is 0 Å². The molecule has 5 nitrogen and oxygen atoms in total. The van der Waals surface area contributed by atoms with Crippen molar-refractivity contribution < 1.29 is 9.53 Å². The molecule has 2 rings (SSSR count). The van der Waals surface area contributed by atoms with Crippen LogP contribution in [0.4, 0.5) is 0 Å². The monoisotopic (exact) mass is 263 g/mol. The fraction of sp³-hybridized carbons (Fsp3) is 0.571. The normalized spacial score (nSPS) is 19.1. The zero-order valence-electron chi connectivity index (χ0n) is 11.3. The average molecular weight is 263 g/mol. The molecule has 1 atom stereocenters. The molecule has 0 spiro atoms. The van der Waals surface area contributed by atoms with Crippen LogP contribution in [0.1, 0.15) is 12.0 Å². The van der Waals surface area contributed by atoms with Crippen LogP contribution in [0.5, 0.6) is 0 Å². The maximum Gasteiger partial charge on any atom is 0.224 e. The standard InChI is InChI=1S/C14H21N3O2/c1-17(7-4-12-3-2-5-15-10-12)14(18)9-13-11-16-6-8-19-13/h2-3,5,10,13,16H,4,6-9,11H2,1H3. The summed E-state index contributed by atoms with van der Waals surface area (Å²) in [7, 11) is 1.84. The number of nitrogens with one attached hydrogen (secondary N) is 1. The van der Waals surface area contributed by atoms with E-state index in [2.05, 4.69) is 10.3 Å². The minimum atomic E-state index is 0.0158. The van der Waals surface area contributed by atoms with Gasteiger partial charge in [0.05, 0.1) is 19.1 Å². The highest BCUT2D eigenvalue weighted by atomic mass is 16.5. The van der Waals surface area contributed by atoms with E-state index in [0.29, 0.717) is 19.6 Å². The number of rotatable bonds is 5. The second-order valence-electron chi connectivity index (χ2n) is 4.83. The van der Waals surface area contributed by atoms with E-state index in [1.54, 1.807) is 11.1 Å². The minimum absolute atomic E-state index is 0.0158. The van der Waals surface area contributed by atoms with Gasteiger partial charge in [-0.05, 0) is 18.1 Å². The van der Waals surface area contributed by atoms with Gasteiger partial charge in [0.15, 0.2) is 0 Å². The molecule has 1 amide bonds. The Kier molecular flexibility index (Phi) is 5.30. The quantitative estimate of drug-likeness (QED) is 0.838. The van der Waals surface area contributed by atoms with Crippen LogP contribution >= 0.6 is 0 Å². The number of hydrogen-bond donors (Lipinski definition) is 1. The molecule has 1 fully saturated rings. The summed E-state index contributed by atoms with van der Waals surface area (Å²) >= 11 is 0. The molecule has 1 aliphatic heterocycles. The van der Waals surface area contributed by atoms with Crippen molar-refractivity contribution >= 4 is 5.91 Å². The highest BCUT2D eigenvalue weighted by Crippen LogP contribution is 2.05. The molecule has 0 saturated carbocycles. The van der Waals surface area contributed by atoms with E-state index in [9.17, 15) is 4.79 Å². The summed E-state index contributed by atoms with van der Waals surface area (Å²) in [4.78, 5) is 17.9. The Balaban J connectivity index is 1.72. The first-order valence-corrected chi connectivity index (χ1v) is 6.71. The van der Waals surface area contributed by atoms with E-state index in [1.165, 1.54) is 0 Å². The largest absolute Gasteiger partial charge is 0.375 e. The molecule has 1 N–H and O–H groups in total. The molecule has 1 unspecified atom stereocenters. The molecule has 0 radical (unpaired) electrons. The van der Waals surface area contributed by atoms with Crippen molar-refractivity contribution in [3.8, 4) is 0 Å². The second-order valence-corrected chi connectivity index (χ2v) is 4.83. The Bertz CT molecular complexity index is 391. The van der Waals surface area contributed by atoms with Crippen LogP contribution in [0.25, 0.3) is 0 Å². The van der Waals surface area contributed by atoms with Crippen LogP contribution in [0.2, 0.25) is 0 Å². The fourth-order valence-corrected chi connectivity index (χ4v) is 2.07. The Morgan fingerprint density at radius 1 is 1.63 bits per heavy atom. The van der Waals surface area contributed by atoms with Crippen LogP contribution in [-0.2, 0) is 16.0 Å². The topological polar surface area (TPSA) is 54.5 Å². The van der Waals surface area contributed by atoms with E-state index < -0.39 is 0 Å². The van der Waals surface area contributed by atoms with Crippen LogP contribution in [-0.4, -0.2) is 55.2 Å². The van der Waals surface area contributed by atoms with Crippen LogP contribution in [0.15, 0.2) is 24.5 Å². The first kappa shape index (κ1) is 14.0. The third kappa shape index (κ3) is 4.61. The summed E-state index contributed by atoms with van der Waals surface area (Å²) in [5.74, 6) is 0.137. The summed E-state index contributed by atoms with van der Waals surface area (Å²) in [5.41, 5.74) is 1.15. The highest BCUT2D eigenvalue weighted by molar-refractivity contribution is 5.76. The van der Waals surface area contributed by atoms with E-state index in [0.717, 1.165) is 25.1 Å². The van der Waals surface area contributed by atoms with Gasteiger partial charge < -0.3 is 15.0 Å². The summed E-state index contributed by atoms with van der Waals surface area (Å²) in [6, 6.07) is 3.94. The number of amides is 1. The molecule has 0 aliphatic carbocycles. The molecule has 1 aromatic heterocycles. The van der Waals surface area contributed by atoms with Crippen LogP contribution < -0.4 is 5.32 Å². The smallest absolute Gasteiger partial charge is 0.224 e. The molecule has 104 valence electrons. The molecular formula is C14H21N3O2. The summed E-state index contributed by atoms with van der Waals surface area (Å²) in [5, 5.41) is 3.23. The maximum atomic E-state index is 12.0. The van der Waals surface area contributed by atoms with Crippen molar-refractivity contribution in [2.24, 2.45) is 0 Å². The van der Waals surface area contributed by atoms with Gasteiger partial charge in [-0.2, -0.15) is 0 Å². The number of pyridine rings is 1. The van der Waals surface area contributed by atoms with Crippen molar-refractivity contribution in [3.63, 3.8) is 0 Å². The number of morpholine rings is 1. The zero-order valence-corrected chi connectivity index (χ0v) is 11.3. The van der Waals surface area contributed by atoms with Crippen molar-refractivity contribution in [3.05, 3.63) is 30.1 Å². The van der Waals surface area contributed by atoms with Gasteiger partial charge in [-0.3, -0.25) is 9.78 Å². The lowest BCUT2D eigenvalue weighted by atomic mass is 10.2. The van der Waals surface area contributed by atoms with E-state index in [1.807, 2.05) is 25.4 Å². The number of carbonyl (C=O) groups excluding carboxylic acids is 1. The van der Waals surface area contributed by atoms with Crippen molar-refractivity contribution in [2.45, 2.75) is 18.9 Å². The third-order valence-corrected chi connectivity index (χ3v) is 3.29. The molecule has 5 heteroatoms. The van der Waals surface area contributed by atoms with Gasteiger partial charge in [0.1, 0.15) is 0 Å². The predicted molar refractivity (Wildman–Crippen MR) is 72.8 cm³/mol. The molecule has 2 heterocycles. The Morgan fingerprint density at radius 2 is 2.53 bits per heavy atom. The summed E-state index contributed by atoms with van der Waals surface area (Å²) in [6.07, 6.45) is 4.90. The van der Waals surface area contributed by atoms with Crippen molar-refractivity contribution in [1.29, 1.82) is 0 Å². The summed E-state index contributed by atoms with van der Waals surface area (Å²) in [6.45, 7) is 3.05. The molecule has 1 saturated heterocycles. The maximum absolute atomic E-state index is 12.0. The van der Waals surface area contributed by atoms with Gasteiger partial charge in [-0.15, -0.1) is 0 Å². The minimum Gasteiger partial charge on any atom is -0.375 e. The van der Waals surface area contributed by atoms with Gasteiger partial charge in [0.2, 0.25) is 5.91 Å². The number of carbonyl (C=O) groups is 1. The van der Waals surface area contributed by atoms with Crippen molar-refractivity contribution in [1.82, 2.24) is 15.2 Å². The SMILES string of the molecule is CN(CCc1cccnc1)C(=O)CC1CNCCO1. The molecule has 1 aromatic rings. The number of nitrogens with zero attached hydrogens (tertiary/aromatic N) is 2. The lowest BCUT2D eigenvalue weighted by molar-refractivity contribution is -0.133. The number of hydrogen-bond acceptors (Lipinski definition) is 4. The Hall–Kier alpha value is -1.46. The zero-order chi connectivity index (χ0) is 13.5. The first-order valence-electron chi connectivity index (χ1n) is 6.71. The first-order chi connectivity index (χ1) is 9.25. The van der Waals surface area contributed by atoms with Crippen molar-refractivity contribution in [2.75, 3.05) is 33.3 Å². The lowest BCUT2D eigenvalue weighted by Gasteiger charge is -2.25. The number of likely N-dealkylation sites (N-methyl/N-ethyl adjacent to an activating group) is 1. The predicted octanol–water partition coefficient (Wildman–Crippen LogP) is 0.461. The molecule has 19 heavy (non-hydrogen) atoms. The Morgan fingerprint density at radius 3 is 3.21 bits per heavy atom. The van der Waals surface area contributed by atoms with E-state index in [-0.39, 0.29) is 12.0 Å². The summed E-state index contributed by atoms with van der Waals surface area (Å²) < 4.78 is 5.54. The van der Waals surface area contributed by atoms with Gasteiger partial charge in [0, 0.05) is 39.1 Å².